The van der Waals surface area contributed by atoms with Gasteiger partial charge in [-0.2, -0.15) is 0 Å². The van der Waals surface area contributed by atoms with Gasteiger partial charge in [0.2, 0.25) is 0 Å². The van der Waals surface area contributed by atoms with Crippen LogP contribution in [0.25, 0.3) is 17.4 Å². The van der Waals surface area contributed by atoms with Crippen molar-refractivity contribution in [3.63, 3.8) is 0 Å². The lowest BCUT2D eigenvalue weighted by atomic mass is 10.1. The third-order valence-electron chi connectivity index (χ3n) is 3.81. The Kier molecular flexibility index (Phi) is 5.99. The van der Waals surface area contributed by atoms with Crippen molar-refractivity contribution in [1.29, 1.82) is 0 Å². The summed E-state index contributed by atoms with van der Waals surface area (Å²) in [5.74, 6) is -0.819. The smallest absolute Gasteiger partial charge is 0.323 e. The van der Waals surface area contributed by atoms with Crippen molar-refractivity contribution in [2.75, 3.05) is 13.2 Å². The van der Waals surface area contributed by atoms with Gasteiger partial charge in [0.25, 0.3) is 11.6 Å². The number of hydrogen-bond donors (Lipinski definition) is 1. The maximum atomic E-state index is 12.3. The number of rotatable bonds is 7. The van der Waals surface area contributed by atoms with Crippen LogP contribution in [0.15, 0.2) is 39.7 Å². The van der Waals surface area contributed by atoms with Gasteiger partial charge in [-0.3, -0.25) is 24.6 Å². The molecule has 11 heteroatoms. The zero-order chi connectivity index (χ0) is 21.1. The first-order valence-corrected chi connectivity index (χ1v) is 9.51. The van der Waals surface area contributed by atoms with Gasteiger partial charge in [-0.05, 0) is 31.2 Å². The van der Waals surface area contributed by atoms with Gasteiger partial charge >= 0.3 is 5.97 Å². The summed E-state index contributed by atoms with van der Waals surface area (Å²) in [7, 11) is 0. The lowest BCUT2D eigenvalue weighted by Crippen LogP contribution is -2.33. The van der Waals surface area contributed by atoms with Crippen LogP contribution in [0.5, 0.6) is 5.75 Å². The Labute approximate surface area is 174 Å². The Morgan fingerprint density at radius 3 is 2.83 bits per heavy atom. The van der Waals surface area contributed by atoms with Crippen molar-refractivity contribution >= 4 is 51.9 Å². The summed E-state index contributed by atoms with van der Waals surface area (Å²) < 4.78 is 11.1. The molecule has 0 unspecified atom stereocenters. The normalized spacial score (nSPS) is 15.2. The number of thioether (sulfide) groups is 1. The average Bonchev–Trinajstić information content (AvgIpc) is 3.22. The van der Waals surface area contributed by atoms with Crippen molar-refractivity contribution in [3.8, 4) is 17.1 Å². The van der Waals surface area contributed by atoms with Crippen molar-refractivity contribution in [3.05, 3.63) is 51.1 Å². The molecule has 0 aliphatic carbocycles. The van der Waals surface area contributed by atoms with E-state index in [-0.39, 0.29) is 32.0 Å². The monoisotopic (exact) mass is 434 g/mol. The zero-order valence-corrected chi connectivity index (χ0v) is 16.6. The lowest BCUT2D eigenvalue weighted by Gasteiger charge is -2.09. The molecule has 150 valence electrons. The largest absolute Gasteiger partial charge is 0.494 e. The number of amides is 1. The Bertz CT molecular complexity index is 1040. The molecule has 1 saturated heterocycles. The van der Waals surface area contributed by atoms with Gasteiger partial charge in [-0.1, -0.05) is 24.0 Å². The highest BCUT2D eigenvalue weighted by Crippen LogP contribution is 2.36. The van der Waals surface area contributed by atoms with Crippen LogP contribution < -0.4 is 4.74 Å². The fourth-order valence-electron chi connectivity index (χ4n) is 2.60. The van der Waals surface area contributed by atoms with Gasteiger partial charge in [0.1, 0.15) is 28.1 Å². The molecule has 1 aromatic heterocycles. The van der Waals surface area contributed by atoms with Crippen molar-refractivity contribution < 1.29 is 28.8 Å². The predicted octanol–water partition coefficient (Wildman–Crippen LogP) is 3.54. The van der Waals surface area contributed by atoms with E-state index in [1.807, 2.05) is 0 Å². The minimum Gasteiger partial charge on any atom is -0.494 e. The van der Waals surface area contributed by atoms with Gasteiger partial charge in [-0.25, -0.2) is 0 Å². The highest BCUT2D eigenvalue weighted by Gasteiger charge is 2.33. The maximum Gasteiger partial charge on any atom is 0.323 e. The number of carbonyl (C=O) groups excluding carboxylic acids is 1. The summed E-state index contributed by atoms with van der Waals surface area (Å²) in [6.07, 6.45) is 1.42. The van der Waals surface area contributed by atoms with Crippen LogP contribution in [0.3, 0.4) is 0 Å². The SMILES string of the molecule is CCOc1ccc(-c2ccc(C=C3SC(=S)N(CC(=O)O)C3=O)o2)c([N+](=O)[O-])c1. The Hall–Kier alpha value is -3.18. The first kappa shape index (κ1) is 20.6. The van der Waals surface area contributed by atoms with E-state index in [0.717, 1.165) is 16.7 Å². The van der Waals surface area contributed by atoms with Crippen LogP contribution in [-0.4, -0.2) is 44.3 Å². The average molecular weight is 434 g/mol. The summed E-state index contributed by atoms with van der Waals surface area (Å²) in [6.45, 7) is 1.63. The molecule has 1 aromatic carbocycles. The molecule has 0 saturated carbocycles. The molecule has 9 nitrogen and oxygen atoms in total. The summed E-state index contributed by atoms with van der Waals surface area (Å²) in [5, 5.41) is 20.3. The zero-order valence-electron chi connectivity index (χ0n) is 15.0. The molecule has 3 rings (SSSR count). The molecule has 2 heterocycles. The first-order valence-electron chi connectivity index (χ1n) is 8.28. The molecular weight excluding hydrogens is 420 g/mol. The summed E-state index contributed by atoms with van der Waals surface area (Å²) in [6, 6.07) is 7.55. The van der Waals surface area contributed by atoms with Crippen LogP contribution in [0, 0.1) is 10.1 Å². The summed E-state index contributed by atoms with van der Waals surface area (Å²) in [5.41, 5.74) is 0.0844. The van der Waals surface area contributed by atoms with Crippen LogP contribution in [0.1, 0.15) is 12.7 Å². The quantitative estimate of drug-likeness (QED) is 0.302. The van der Waals surface area contributed by atoms with Gasteiger partial charge in [0.05, 0.1) is 28.1 Å². The number of nitrogens with zero attached hydrogens (tertiary/aromatic N) is 2. The second-order valence-electron chi connectivity index (χ2n) is 5.73. The molecule has 1 amide bonds. The van der Waals surface area contributed by atoms with Crippen molar-refractivity contribution in [2.24, 2.45) is 0 Å². The molecule has 1 aliphatic heterocycles. The number of thiocarbonyl (C=S) groups is 1. The maximum absolute atomic E-state index is 12.3. The van der Waals surface area contributed by atoms with Crippen molar-refractivity contribution in [1.82, 2.24) is 4.90 Å². The van der Waals surface area contributed by atoms with Crippen LogP contribution in [0.4, 0.5) is 5.69 Å². The highest BCUT2D eigenvalue weighted by molar-refractivity contribution is 8.26. The minimum absolute atomic E-state index is 0.137. The molecule has 1 fully saturated rings. The molecule has 1 aliphatic rings. The van der Waals surface area contributed by atoms with Gasteiger partial charge in [-0.15, -0.1) is 0 Å². The number of ether oxygens (including phenoxy) is 1. The Balaban J connectivity index is 1.89. The number of nitro benzene ring substituents is 1. The second-order valence-corrected chi connectivity index (χ2v) is 7.41. The standard InChI is InChI=1S/C18H14N2O7S2/c1-2-26-10-3-5-12(13(7-10)20(24)25)14-6-4-11(27-14)8-15-17(23)19(9-16(21)22)18(28)29-15/h3-8H,2,9H2,1H3,(H,21,22). The number of nitro groups is 1. The molecule has 1 N–H and O–H groups in total. The topological polar surface area (TPSA) is 123 Å². The molecule has 0 radical (unpaired) electrons. The van der Waals surface area contributed by atoms with Gasteiger partial charge < -0.3 is 14.3 Å². The van der Waals surface area contributed by atoms with Crippen molar-refractivity contribution in [2.45, 2.75) is 6.92 Å². The Morgan fingerprint density at radius 2 is 2.17 bits per heavy atom. The fourth-order valence-corrected chi connectivity index (χ4v) is 3.84. The first-order chi connectivity index (χ1) is 13.8. The third kappa shape index (κ3) is 4.46. The molecule has 0 atom stereocenters. The lowest BCUT2D eigenvalue weighted by molar-refractivity contribution is -0.384. The number of furan rings is 1. The fraction of sp³-hybridized carbons (Fsp3) is 0.167. The number of carbonyl (C=O) groups is 2. The van der Waals surface area contributed by atoms with E-state index in [1.54, 1.807) is 25.1 Å². The van der Waals surface area contributed by atoms with Gasteiger partial charge in [0.15, 0.2) is 0 Å². The summed E-state index contributed by atoms with van der Waals surface area (Å²) in [4.78, 5) is 35.3. The third-order valence-corrected chi connectivity index (χ3v) is 5.19. The number of aliphatic carboxylic acids is 1. The van der Waals surface area contributed by atoms with Crippen LogP contribution >= 0.6 is 24.0 Å². The van der Waals surface area contributed by atoms with E-state index in [1.165, 1.54) is 18.2 Å². The minimum atomic E-state index is -1.18. The number of carboxylic acids is 1. The molecule has 0 bridgehead atoms. The van der Waals surface area contributed by atoms with Crippen LogP contribution in [0.2, 0.25) is 0 Å². The second kappa shape index (κ2) is 8.45. The van der Waals surface area contributed by atoms with E-state index in [4.69, 9.17) is 26.5 Å². The molecular formula is C18H14N2O7S2. The van der Waals surface area contributed by atoms with E-state index < -0.39 is 23.3 Å². The summed E-state index contributed by atoms with van der Waals surface area (Å²) >= 11 is 6.00. The molecule has 2 aromatic rings. The molecule has 29 heavy (non-hydrogen) atoms. The van der Waals surface area contributed by atoms with Crippen LogP contribution in [-0.2, 0) is 9.59 Å². The highest BCUT2D eigenvalue weighted by atomic mass is 32.2. The van der Waals surface area contributed by atoms with Gasteiger partial charge in [0, 0.05) is 6.08 Å². The van der Waals surface area contributed by atoms with E-state index in [9.17, 15) is 19.7 Å². The number of benzene rings is 1. The van der Waals surface area contributed by atoms with E-state index in [0.29, 0.717) is 12.4 Å². The van der Waals surface area contributed by atoms with E-state index >= 15 is 0 Å². The number of hydrogen-bond acceptors (Lipinski definition) is 8. The Morgan fingerprint density at radius 1 is 1.41 bits per heavy atom. The number of carboxylic acid groups (broad SMARTS) is 1. The van der Waals surface area contributed by atoms with E-state index in [2.05, 4.69) is 0 Å². The molecule has 0 spiro atoms. The predicted molar refractivity (Wildman–Crippen MR) is 109 cm³/mol.